The van der Waals surface area contributed by atoms with Crippen LogP contribution in [0.2, 0.25) is 0 Å². The number of nitrogens with zero attached hydrogens (tertiary/aromatic N) is 2. The summed E-state index contributed by atoms with van der Waals surface area (Å²) in [5.41, 5.74) is 4.01. The van der Waals surface area contributed by atoms with Gasteiger partial charge in [0.05, 0.1) is 17.3 Å². The van der Waals surface area contributed by atoms with Crippen molar-refractivity contribution in [2.24, 2.45) is 11.8 Å². The summed E-state index contributed by atoms with van der Waals surface area (Å²) in [7, 11) is 0. The Balaban J connectivity index is 1.55. The number of esters is 1. The van der Waals surface area contributed by atoms with Crippen LogP contribution in [0, 0.1) is 18.8 Å². The molecule has 0 radical (unpaired) electrons. The summed E-state index contributed by atoms with van der Waals surface area (Å²) >= 11 is 0. The Labute approximate surface area is 264 Å². The van der Waals surface area contributed by atoms with Crippen LogP contribution in [0.4, 0.5) is 10.5 Å². The predicted octanol–water partition coefficient (Wildman–Crippen LogP) is 7.38. The van der Waals surface area contributed by atoms with Gasteiger partial charge in [-0.1, -0.05) is 75.4 Å². The first-order chi connectivity index (χ1) is 21.3. The van der Waals surface area contributed by atoms with Gasteiger partial charge in [0.2, 0.25) is 0 Å². The lowest BCUT2D eigenvalue weighted by molar-refractivity contribution is -0.153. The first kappa shape index (κ1) is 33.0. The van der Waals surface area contributed by atoms with Crippen molar-refractivity contribution in [2.75, 3.05) is 5.32 Å². The summed E-state index contributed by atoms with van der Waals surface area (Å²) in [6, 6.07) is 26.0. The molecular formula is C36H42N4O5. The molecule has 2 N–H and O–H groups in total. The second-order valence-corrected chi connectivity index (χ2v) is 12.4. The SMILES string of the molecule is Cc1cc(C(=O)Nc2cccc(C(OC(=O)[C@@H](C)C(C)C)c3ccccc3)c2)n(-c2cccc(CNC(=O)OC(C)(C)C)c2)n1. The number of hydrogen-bond acceptors (Lipinski definition) is 6. The number of nitrogens with one attached hydrogen (secondary N) is 2. The summed E-state index contributed by atoms with van der Waals surface area (Å²) in [4.78, 5) is 38.7. The maximum atomic E-state index is 13.6. The zero-order chi connectivity index (χ0) is 32.7. The highest BCUT2D eigenvalue weighted by Gasteiger charge is 2.25. The summed E-state index contributed by atoms with van der Waals surface area (Å²) in [6.07, 6.45) is -1.15. The van der Waals surface area contributed by atoms with Crippen LogP contribution >= 0.6 is 0 Å². The normalized spacial score (nSPS) is 12.7. The Hall–Kier alpha value is -4.92. The maximum Gasteiger partial charge on any atom is 0.407 e. The Morgan fingerprint density at radius 2 is 1.56 bits per heavy atom. The Bertz CT molecular complexity index is 1640. The molecule has 0 aliphatic carbocycles. The van der Waals surface area contributed by atoms with E-state index >= 15 is 0 Å². The average Bonchev–Trinajstić information content (AvgIpc) is 3.40. The van der Waals surface area contributed by atoms with Crippen LogP contribution in [0.5, 0.6) is 0 Å². The molecule has 0 bridgehead atoms. The number of aryl methyl sites for hydroxylation is 1. The van der Waals surface area contributed by atoms with E-state index in [0.717, 1.165) is 16.7 Å². The first-order valence-corrected chi connectivity index (χ1v) is 15.1. The van der Waals surface area contributed by atoms with Crippen LogP contribution in [0.15, 0.2) is 84.9 Å². The van der Waals surface area contributed by atoms with Crippen molar-refractivity contribution in [1.29, 1.82) is 0 Å². The minimum Gasteiger partial charge on any atom is -0.452 e. The smallest absolute Gasteiger partial charge is 0.407 e. The molecule has 2 amide bonds. The van der Waals surface area contributed by atoms with Gasteiger partial charge in [-0.25, -0.2) is 9.48 Å². The van der Waals surface area contributed by atoms with E-state index < -0.39 is 17.8 Å². The Morgan fingerprint density at radius 1 is 0.867 bits per heavy atom. The van der Waals surface area contributed by atoms with Gasteiger partial charge >= 0.3 is 12.1 Å². The zero-order valence-corrected chi connectivity index (χ0v) is 27.0. The van der Waals surface area contributed by atoms with Gasteiger partial charge in [0, 0.05) is 12.2 Å². The van der Waals surface area contributed by atoms with E-state index in [1.54, 1.807) is 37.6 Å². The van der Waals surface area contributed by atoms with Crippen LogP contribution in [0.1, 0.15) is 80.5 Å². The van der Waals surface area contributed by atoms with Crippen molar-refractivity contribution in [3.05, 3.63) is 113 Å². The van der Waals surface area contributed by atoms with Crippen LogP contribution in [0.25, 0.3) is 5.69 Å². The summed E-state index contributed by atoms with van der Waals surface area (Å²) < 4.78 is 12.9. The molecule has 0 aliphatic rings. The number of benzene rings is 3. The van der Waals surface area contributed by atoms with Crippen molar-refractivity contribution < 1.29 is 23.9 Å². The van der Waals surface area contributed by atoms with E-state index in [2.05, 4.69) is 15.7 Å². The quantitative estimate of drug-likeness (QED) is 0.181. The third-order valence-electron chi connectivity index (χ3n) is 7.21. The predicted molar refractivity (Wildman–Crippen MR) is 174 cm³/mol. The van der Waals surface area contributed by atoms with Crippen molar-refractivity contribution in [3.63, 3.8) is 0 Å². The molecule has 0 fully saturated rings. The molecule has 45 heavy (non-hydrogen) atoms. The van der Waals surface area contributed by atoms with Crippen molar-refractivity contribution in [3.8, 4) is 5.69 Å². The molecule has 2 atom stereocenters. The third-order valence-corrected chi connectivity index (χ3v) is 7.21. The number of amides is 2. The minimum atomic E-state index is -0.637. The standard InChI is InChI=1S/C36H42N4O5/c1-23(2)25(4)34(42)44-32(27-14-9-8-10-15-27)28-16-12-17-29(21-28)38-33(41)31-19-24(3)39-40(31)30-18-11-13-26(20-30)22-37-35(43)45-36(5,6)7/h8-21,23,25,32H,22H2,1-7H3,(H,37,43)(H,38,41)/t25-,32?/m0/s1. The van der Waals surface area contributed by atoms with Gasteiger partial charge in [-0.3, -0.25) is 9.59 Å². The minimum absolute atomic E-state index is 0.134. The van der Waals surface area contributed by atoms with Gasteiger partial charge < -0.3 is 20.1 Å². The van der Waals surface area contributed by atoms with Crippen molar-refractivity contribution in [1.82, 2.24) is 15.1 Å². The summed E-state index contributed by atoms with van der Waals surface area (Å²) in [5, 5.41) is 10.3. The molecule has 236 valence electrons. The van der Waals surface area contributed by atoms with Crippen LogP contribution in [0.3, 0.4) is 0 Å². The largest absolute Gasteiger partial charge is 0.452 e. The van der Waals surface area contributed by atoms with Gasteiger partial charge in [-0.05, 0) is 80.6 Å². The molecule has 1 aromatic heterocycles. The molecule has 0 aliphatic heterocycles. The fourth-order valence-electron chi connectivity index (χ4n) is 4.57. The third kappa shape index (κ3) is 9.04. The number of aromatic nitrogens is 2. The van der Waals surface area contributed by atoms with Gasteiger partial charge in [-0.15, -0.1) is 0 Å². The van der Waals surface area contributed by atoms with E-state index in [0.29, 0.717) is 22.8 Å². The van der Waals surface area contributed by atoms with Crippen LogP contribution in [-0.2, 0) is 20.8 Å². The molecule has 1 heterocycles. The van der Waals surface area contributed by atoms with Gasteiger partial charge in [0.15, 0.2) is 6.10 Å². The summed E-state index contributed by atoms with van der Waals surface area (Å²) in [6.45, 7) is 13.3. The highest BCUT2D eigenvalue weighted by Crippen LogP contribution is 2.30. The highest BCUT2D eigenvalue weighted by molar-refractivity contribution is 6.03. The highest BCUT2D eigenvalue weighted by atomic mass is 16.6. The number of anilines is 1. The Morgan fingerprint density at radius 3 is 2.24 bits per heavy atom. The fourth-order valence-corrected chi connectivity index (χ4v) is 4.57. The van der Waals surface area contributed by atoms with Crippen molar-refractivity contribution >= 4 is 23.7 Å². The molecule has 3 aromatic carbocycles. The number of carbonyl (C=O) groups is 3. The molecule has 4 rings (SSSR count). The lowest BCUT2D eigenvalue weighted by atomic mass is 9.97. The maximum absolute atomic E-state index is 13.6. The van der Waals surface area contributed by atoms with E-state index in [1.165, 1.54) is 0 Å². The molecular weight excluding hydrogens is 568 g/mol. The molecule has 4 aromatic rings. The first-order valence-electron chi connectivity index (χ1n) is 15.1. The monoisotopic (exact) mass is 610 g/mol. The fraction of sp³-hybridized carbons (Fsp3) is 0.333. The number of carbonyl (C=O) groups excluding carboxylic acids is 3. The molecule has 9 heteroatoms. The number of hydrogen-bond donors (Lipinski definition) is 2. The lowest BCUT2D eigenvalue weighted by Gasteiger charge is -2.23. The lowest BCUT2D eigenvalue weighted by Crippen LogP contribution is -2.32. The van der Waals surface area contributed by atoms with E-state index in [-0.39, 0.29) is 30.3 Å². The molecule has 9 nitrogen and oxygen atoms in total. The van der Waals surface area contributed by atoms with Crippen LogP contribution < -0.4 is 10.6 Å². The molecule has 1 unspecified atom stereocenters. The topological polar surface area (TPSA) is 112 Å². The van der Waals surface area contributed by atoms with Gasteiger partial charge in [0.1, 0.15) is 11.3 Å². The second-order valence-electron chi connectivity index (χ2n) is 12.4. The average molecular weight is 611 g/mol. The summed E-state index contributed by atoms with van der Waals surface area (Å²) in [5.74, 6) is -0.771. The number of ether oxygens (including phenoxy) is 2. The van der Waals surface area contributed by atoms with Gasteiger partial charge in [0.25, 0.3) is 5.91 Å². The number of alkyl carbamates (subject to hydrolysis) is 1. The zero-order valence-electron chi connectivity index (χ0n) is 27.0. The molecule has 0 spiro atoms. The van der Waals surface area contributed by atoms with Crippen molar-refractivity contribution in [2.45, 2.75) is 66.7 Å². The van der Waals surface area contributed by atoms with E-state index in [1.807, 2.05) is 100 Å². The molecule has 0 saturated carbocycles. The van der Waals surface area contributed by atoms with Gasteiger partial charge in [-0.2, -0.15) is 5.10 Å². The van der Waals surface area contributed by atoms with E-state index in [9.17, 15) is 14.4 Å². The van der Waals surface area contributed by atoms with Crippen LogP contribution in [-0.4, -0.2) is 33.4 Å². The van der Waals surface area contributed by atoms with E-state index in [4.69, 9.17) is 9.47 Å². The number of rotatable bonds is 10. The molecule has 0 saturated heterocycles. The second kappa shape index (κ2) is 14.2. The Kier molecular flexibility index (Phi) is 10.4.